The molecule has 0 saturated heterocycles. The summed E-state index contributed by atoms with van der Waals surface area (Å²) in [4.78, 5) is 12.0. The van der Waals surface area contributed by atoms with Crippen molar-refractivity contribution in [2.45, 2.75) is 59.6 Å². The SMILES string of the molecule is CCC[C@@H](C)NC(=O)[C@@H](C)Oc1cc(C)ccc1C. The Morgan fingerprint density at radius 3 is 2.63 bits per heavy atom. The molecule has 1 aromatic carbocycles. The van der Waals surface area contributed by atoms with Gasteiger partial charge in [-0.25, -0.2) is 0 Å². The molecule has 0 bridgehead atoms. The molecule has 19 heavy (non-hydrogen) atoms. The third-order valence-electron chi connectivity index (χ3n) is 3.13. The fourth-order valence-corrected chi connectivity index (χ4v) is 1.94. The molecule has 1 rings (SSSR count). The summed E-state index contributed by atoms with van der Waals surface area (Å²) in [6.07, 6.45) is 1.58. The molecular formula is C16H25NO2. The number of ether oxygens (including phenoxy) is 1. The molecule has 1 amide bonds. The van der Waals surface area contributed by atoms with Gasteiger partial charge in [0.05, 0.1) is 0 Å². The molecule has 3 heteroatoms. The summed E-state index contributed by atoms with van der Waals surface area (Å²) in [6, 6.07) is 6.21. The first-order chi connectivity index (χ1) is 8.93. The summed E-state index contributed by atoms with van der Waals surface area (Å²) in [5.74, 6) is 0.729. The Bertz CT molecular complexity index is 429. The Morgan fingerprint density at radius 2 is 2.00 bits per heavy atom. The molecule has 0 saturated carbocycles. The number of carbonyl (C=O) groups excluding carboxylic acids is 1. The summed E-state index contributed by atoms with van der Waals surface area (Å²) < 4.78 is 5.75. The molecule has 0 fully saturated rings. The zero-order chi connectivity index (χ0) is 14.4. The smallest absolute Gasteiger partial charge is 0.260 e. The van der Waals surface area contributed by atoms with Crippen LogP contribution in [0.4, 0.5) is 0 Å². The van der Waals surface area contributed by atoms with Crippen LogP contribution < -0.4 is 10.1 Å². The molecule has 0 aromatic heterocycles. The van der Waals surface area contributed by atoms with Gasteiger partial charge in [-0.15, -0.1) is 0 Å². The normalized spacial score (nSPS) is 13.7. The van der Waals surface area contributed by atoms with Crippen LogP contribution in [0.3, 0.4) is 0 Å². The maximum absolute atomic E-state index is 12.0. The average molecular weight is 263 g/mol. The van der Waals surface area contributed by atoms with E-state index in [9.17, 15) is 4.79 Å². The van der Waals surface area contributed by atoms with E-state index in [1.165, 1.54) is 0 Å². The number of aryl methyl sites for hydroxylation is 2. The third-order valence-corrected chi connectivity index (χ3v) is 3.13. The zero-order valence-corrected chi connectivity index (χ0v) is 12.6. The van der Waals surface area contributed by atoms with Gasteiger partial charge in [-0.2, -0.15) is 0 Å². The van der Waals surface area contributed by atoms with Gasteiger partial charge in [-0.1, -0.05) is 25.5 Å². The van der Waals surface area contributed by atoms with Crippen molar-refractivity contribution in [2.75, 3.05) is 0 Å². The van der Waals surface area contributed by atoms with E-state index < -0.39 is 6.10 Å². The first-order valence-corrected chi connectivity index (χ1v) is 6.98. The molecule has 1 aromatic rings. The minimum atomic E-state index is -0.472. The molecule has 0 spiro atoms. The maximum atomic E-state index is 12.0. The molecule has 0 aliphatic carbocycles. The largest absolute Gasteiger partial charge is 0.481 e. The second kappa shape index (κ2) is 7.17. The lowest BCUT2D eigenvalue weighted by molar-refractivity contribution is -0.127. The molecule has 2 atom stereocenters. The van der Waals surface area contributed by atoms with Crippen molar-refractivity contribution in [2.24, 2.45) is 0 Å². The van der Waals surface area contributed by atoms with E-state index in [1.54, 1.807) is 6.92 Å². The number of amides is 1. The van der Waals surface area contributed by atoms with E-state index in [1.807, 2.05) is 39.0 Å². The lowest BCUT2D eigenvalue weighted by atomic mass is 10.1. The number of hydrogen-bond acceptors (Lipinski definition) is 2. The van der Waals surface area contributed by atoms with Gasteiger partial charge in [0.1, 0.15) is 5.75 Å². The van der Waals surface area contributed by atoms with Gasteiger partial charge < -0.3 is 10.1 Å². The number of rotatable bonds is 6. The van der Waals surface area contributed by atoms with E-state index in [2.05, 4.69) is 12.2 Å². The first kappa shape index (κ1) is 15.5. The summed E-state index contributed by atoms with van der Waals surface area (Å²) in [5, 5.41) is 2.97. The predicted octanol–water partition coefficient (Wildman–Crippen LogP) is 3.38. The molecule has 0 aliphatic heterocycles. The summed E-state index contributed by atoms with van der Waals surface area (Å²) >= 11 is 0. The van der Waals surface area contributed by atoms with Gasteiger partial charge in [-0.3, -0.25) is 4.79 Å². The number of nitrogens with one attached hydrogen (secondary N) is 1. The minimum absolute atomic E-state index is 0.0538. The minimum Gasteiger partial charge on any atom is -0.481 e. The van der Waals surface area contributed by atoms with Crippen LogP contribution in [0.5, 0.6) is 5.75 Å². The quantitative estimate of drug-likeness (QED) is 0.854. The number of benzene rings is 1. The molecule has 0 aliphatic rings. The lowest BCUT2D eigenvalue weighted by Crippen LogP contribution is -2.41. The molecule has 0 unspecified atom stereocenters. The highest BCUT2D eigenvalue weighted by Gasteiger charge is 2.17. The second-order valence-electron chi connectivity index (χ2n) is 5.23. The number of hydrogen-bond donors (Lipinski definition) is 1. The van der Waals surface area contributed by atoms with Crippen LogP contribution in [0, 0.1) is 13.8 Å². The van der Waals surface area contributed by atoms with Crippen molar-refractivity contribution in [1.29, 1.82) is 0 Å². The average Bonchev–Trinajstić information content (AvgIpc) is 2.34. The topological polar surface area (TPSA) is 38.3 Å². The van der Waals surface area contributed by atoms with Crippen LogP contribution in [-0.4, -0.2) is 18.1 Å². The van der Waals surface area contributed by atoms with Crippen LogP contribution in [0.25, 0.3) is 0 Å². The van der Waals surface area contributed by atoms with Crippen LogP contribution >= 0.6 is 0 Å². The highest BCUT2D eigenvalue weighted by Crippen LogP contribution is 2.20. The Labute approximate surface area is 116 Å². The van der Waals surface area contributed by atoms with Gasteiger partial charge >= 0.3 is 0 Å². The van der Waals surface area contributed by atoms with Crippen LogP contribution in [-0.2, 0) is 4.79 Å². The standard InChI is InChI=1S/C16H25NO2/c1-6-7-13(4)17-16(18)14(5)19-15-10-11(2)8-9-12(15)3/h8-10,13-14H,6-7H2,1-5H3,(H,17,18)/t13-,14-/m1/s1. The van der Waals surface area contributed by atoms with Crippen molar-refractivity contribution in [3.8, 4) is 5.75 Å². The van der Waals surface area contributed by atoms with Gasteiger partial charge in [0.2, 0.25) is 0 Å². The van der Waals surface area contributed by atoms with E-state index in [4.69, 9.17) is 4.74 Å². The fourth-order valence-electron chi connectivity index (χ4n) is 1.94. The Hall–Kier alpha value is -1.51. The van der Waals surface area contributed by atoms with E-state index in [0.29, 0.717) is 0 Å². The maximum Gasteiger partial charge on any atom is 0.260 e. The molecule has 0 heterocycles. The van der Waals surface area contributed by atoms with Crippen molar-refractivity contribution in [3.63, 3.8) is 0 Å². The van der Waals surface area contributed by atoms with Crippen LogP contribution in [0.2, 0.25) is 0 Å². The van der Waals surface area contributed by atoms with Crippen molar-refractivity contribution in [3.05, 3.63) is 29.3 Å². The molecule has 3 nitrogen and oxygen atoms in total. The predicted molar refractivity (Wildman–Crippen MR) is 78.5 cm³/mol. The fraction of sp³-hybridized carbons (Fsp3) is 0.562. The van der Waals surface area contributed by atoms with E-state index in [0.717, 1.165) is 29.7 Å². The van der Waals surface area contributed by atoms with Crippen LogP contribution in [0.15, 0.2) is 18.2 Å². The highest BCUT2D eigenvalue weighted by molar-refractivity contribution is 5.81. The zero-order valence-electron chi connectivity index (χ0n) is 12.6. The monoisotopic (exact) mass is 263 g/mol. The Morgan fingerprint density at radius 1 is 1.32 bits per heavy atom. The second-order valence-corrected chi connectivity index (χ2v) is 5.23. The molecule has 1 N–H and O–H groups in total. The van der Waals surface area contributed by atoms with E-state index >= 15 is 0 Å². The van der Waals surface area contributed by atoms with Crippen molar-refractivity contribution >= 4 is 5.91 Å². The third kappa shape index (κ3) is 4.93. The highest BCUT2D eigenvalue weighted by atomic mass is 16.5. The van der Waals surface area contributed by atoms with Gasteiger partial charge in [0.25, 0.3) is 5.91 Å². The van der Waals surface area contributed by atoms with Crippen molar-refractivity contribution in [1.82, 2.24) is 5.32 Å². The molecular weight excluding hydrogens is 238 g/mol. The molecule has 0 radical (unpaired) electrons. The van der Waals surface area contributed by atoms with Gasteiger partial charge in [0, 0.05) is 6.04 Å². The Balaban J connectivity index is 2.61. The summed E-state index contributed by atoms with van der Waals surface area (Å²) in [5.41, 5.74) is 2.18. The summed E-state index contributed by atoms with van der Waals surface area (Å²) in [6.45, 7) is 9.92. The van der Waals surface area contributed by atoms with E-state index in [-0.39, 0.29) is 11.9 Å². The van der Waals surface area contributed by atoms with Gasteiger partial charge in [-0.05, 0) is 51.3 Å². The first-order valence-electron chi connectivity index (χ1n) is 6.98. The van der Waals surface area contributed by atoms with Gasteiger partial charge in [0.15, 0.2) is 6.10 Å². The molecule has 106 valence electrons. The Kier molecular flexibility index (Phi) is 5.87. The number of carbonyl (C=O) groups is 1. The van der Waals surface area contributed by atoms with Crippen LogP contribution in [0.1, 0.15) is 44.7 Å². The summed E-state index contributed by atoms with van der Waals surface area (Å²) in [7, 11) is 0. The van der Waals surface area contributed by atoms with Crippen molar-refractivity contribution < 1.29 is 9.53 Å². The lowest BCUT2D eigenvalue weighted by Gasteiger charge is -2.19.